The largest absolute Gasteiger partial charge is 0.484 e. The lowest BCUT2D eigenvalue weighted by atomic mass is 9.88. The van der Waals surface area contributed by atoms with Crippen molar-refractivity contribution in [3.8, 4) is 5.75 Å². The Hall–Kier alpha value is -3.93. The van der Waals surface area contributed by atoms with E-state index in [2.05, 4.69) is 15.3 Å². The summed E-state index contributed by atoms with van der Waals surface area (Å²) in [6.07, 6.45) is 3.26. The number of rotatable bonds is 6. The molecule has 3 aliphatic rings. The van der Waals surface area contributed by atoms with Gasteiger partial charge in [0.2, 0.25) is 0 Å². The van der Waals surface area contributed by atoms with Crippen LogP contribution in [0.25, 0.3) is 11.0 Å². The zero-order valence-electron chi connectivity index (χ0n) is 20.4. The molecule has 2 fully saturated rings. The molecule has 0 spiro atoms. The highest BCUT2D eigenvalue weighted by Gasteiger charge is 2.46. The van der Waals surface area contributed by atoms with Crippen LogP contribution in [0.2, 0.25) is 0 Å². The van der Waals surface area contributed by atoms with Crippen molar-refractivity contribution in [1.29, 1.82) is 0 Å². The third kappa shape index (κ3) is 4.49. The Morgan fingerprint density at radius 2 is 1.95 bits per heavy atom. The first-order valence-corrected chi connectivity index (χ1v) is 12.6. The maximum absolute atomic E-state index is 13.8. The number of fused-ring (bicyclic) bond motifs is 3. The summed E-state index contributed by atoms with van der Waals surface area (Å²) >= 11 is 0. The molecule has 12 heteroatoms. The molecule has 2 aliphatic heterocycles. The van der Waals surface area contributed by atoms with Crippen LogP contribution in [0, 0.1) is 11.6 Å². The van der Waals surface area contributed by atoms with Crippen LogP contribution in [0.4, 0.5) is 19.4 Å². The number of carbonyl (C=O) groups is 2. The van der Waals surface area contributed by atoms with E-state index < -0.39 is 17.7 Å². The number of hydrogen-bond donors (Lipinski definition) is 1. The summed E-state index contributed by atoms with van der Waals surface area (Å²) in [4.78, 5) is 46.8. The van der Waals surface area contributed by atoms with Crippen LogP contribution in [-0.4, -0.2) is 57.8 Å². The highest BCUT2D eigenvalue weighted by molar-refractivity contribution is 5.90. The first kappa shape index (κ1) is 24.4. The lowest BCUT2D eigenvalue weighted by Crippen LogP contribution is -2.46. The molecular weight excluding hydrogens is 500 g/mol. The van der Waals surface area contributed by atoms with Crippen LogP contribution in [0.1, 0.15) is 31.4 Å². The van der Waals surface area contributed by atoms with E-state index in [0.29, 0.717) is 49.6 Å². The number of nitrogens with one attached hydrogen (secondary N) is 1. The van der Waals surface area contributed by atoms with Crippen molar-refractivity contribution in [2.45, 2.75) is 56.8 Å². The van der Waals surface area contributed by atoms with Crippen LogP contribution in [-0.2, 0) is 22.5 Å². The van der Waals surface area contributed by atoms with Crippen molar-refractivity contribution in [1.82, 2.24) is 19.9 Å². The van der Waals surface area contributed by atoms with E-state index in [1.807, 2.05) is 0 Å². The summed E-state index contributed by atoms with van der Waals surface area (Å²) < 4.78 is 39.8. The van der Waals surface area contributed by atoms with Gasteiger partial charge in [0.25, 0.3) is 5.56 Å². The minimum Gasteiger partial charge on any atom is -0.484 e. The van der Waals surface area contributed by atoms with Gasteiger partial charge in [0, 0.05) is 31.1 Å². The van der Waals surface area contributed by atoms with Crippen LogP contribution in [0.5, 0.6) is 5.75 Å². The molecule has 10 nitrogen and oxygen atoms in total. The summed E-state index contributed by atoms with van der Waals surface area (Å²) in [6.45, 7) is 0.932. The number of amides is 1. The first-order chi connectivity index (χ1) is 18.4. The average molecular weight is 526 g/mol. The lowest BCUT2D eigenvalue weighted by molar-refractivity contribution is -0.121. The molecule has 198 valence electrons. The number of hydrogen-bond acceptors (Lipinski definition) is 8. The summed E-state index contributed by atoms with van der Waals surface area (Å²) in [7, 11) is 0. The maximum atomic E-state index is 13.8. The number of carbonyl (C=O) groups excluding carboxylic acids is 2. The third-order valence-corrected chi connectivity index (χ3v) is 7.34. The van der Waals surface area contributed by atoms with E-state index >= 15 is 0 Å². The smallest absolute Gasteiger partial charge is 0.416 e. The molecule has 1 amide bonds. The molecule has 3 atom stereocenters. The van der Waals surface area contributed by atoms with Crippen LogP contribution >= 0.6 is 0 Å². The second kappa shape index (κ2) is 9.75. The molecule has 3 aromatic rings. The molecule has 38 heavy (non-hydrogen) atoms. The van der Waals surface area contributed by atoms with Gasteiger partial charge in [0.1, 0.15) is 24.3 Å². The Kier molecular flexibility index (Phi) is 6.26. The lowest BCUT2D eigenvalue weighted by Gasteiger charge is -2.33. The first-order valence-electron chi connectivity index (χ1n) is 12.6. The van der Waals surface area contributed by atoms with Gasteiger partial charge in [-0.25, -0.2) is 23.5 Å². The van der Waals surface area contributed by atoms with E-state index in [-0.39, 0.29) is 53.6 Å². The number of pyridine rings is 1. The summed E-state index contributed by atoms with van der Waals surface area (Å²) in [5.74, 6) is -1.08. The summed E-state index contributed by atoms with van der Waals surface area (Å²) in [5.41, 5.74) is 0.615. The Bertz CT molecular complexity index is 1490. The van der Waals surface area contributed by atoms with E-state index in [9.17, 15) is 23.2 Å². The molecule has 1 saturated heterocycles. The van der Waals surface area contributed by atoms with Gasteiger partial charge in [-0.1, -0.05) is 0 Å². The van der Waals surface area contributed by atoms with Crippen molar-refractivity contribution in [2.75, 3.05) is 18.1 Å². The quantitative estimate of drug-likeness (QED) is 0.488. The standard InChI is InChI=1S/C26H25F2N5O5/c27-16-10-18-21(11-17(16)28)32(25(35)12-30-18)7-1-6-29-14-2-3-20-23(8-14)38-26(36)33(20)24-5-4-22-19(31-24)9-15(34)13-37-22/h4-5,10-12,14,20,23,29H,1-3,6-9,13H2/t14-,20-,23-/m1/s1. The highest BCUT2D eigenvalue weighted by atomic mass is 19.2. The predicted octanol–water partition coefficient (Wildman–Crippen LogP) is 2.50. The molecule has 0 bridgehead atoms. The Morgan fingerprint density at radius 1 is 1.11 bits per heavy atom. The third-order valence-electron chi connectivity index (χ3n) is 7.34. The number of aromatic nitrogens is 3. The number of aryl methyl sites for hydroxylation is 1. The van der Waals surface area contributed by atoms with Crippen molar-refractivity contribution < 1.29 is 27.8 Å². The second-order valence-corrected chi connectivity index (χ2v) is 9.80. The zero-order valence-corrected chi connectivity index (χ0v) is 20.4. The summed E-state index contributed by atoms with van der Waals surface area (Å²) in [6, 6.07) is 5.40. The van der Waals surface area contributed by atoms with Crippen LogP contribution in [0.15, 0.2) is 35.3 Å². The highest BCUT2D eigenvalue weighted by Crippen LogP contribution is 2.36. The molecule has 1 saturated carbocycles. The Balaban J connectivity index is 1.06. The van der Waals surface area contributed by atoms with Crippen molar-refractivity contribution >= 4 is 28.7 Å². The van der Waals surface area contributed by atoms with Crippen molar-refractivity contribution in [3.63, 3.8) is 0 Å². The van der Waals surface area contributed by atoms with Gasteiger partial charge in [-0.05, 0) is 37.9 Å². The fraction of sp³-hybridized carbons (Fsp3) is 0.423. The fourth-order valence-electron chi connectivity index (χ4n) is 5.50. The maximum Gasteiger partial charge on any atom is 0.416 e. The minimum absolute atomic E-state index is 0.0350. The average Bonchev–Trinajstić information content (AvgIpc) is 3.23. The number of nitrogens with zero attached hydrogens (tertiary/aromatic N) is 4. The van der Waals surface area contributed by atoms with E-state index in [4.69, 9.17) is 9.47 Å². The van der Waals surface area contributed by atoms with Crippen molar-refractivity contribution in [3.05, 3.63) is 58.1 Å². The van der Waals surface area contributed by atoms with Gasteiger partial charge in [-0.15, -0.1) is 0 Å². The number of benzene rings is 1. The van der Waals surface area contributed by atoms with Gasteiger partial charge in [0.15, 0.2) is 17.4 Å². The van der Waals surface area contributed by atoms with Crippen molar-refractivity contribution in [2.24, 2.45) is 0 Å². The minimum atomic E-state index is -1.03. The second-order valence-electron chi connectivity index (χ2n) is 9.80. The molecule has 2 aromatic heterocycles. The molecule has 1 aromatic carbocycles. The van der Waals surface area contributed by atoms with Gasteiger partial charge >= 0.3 is 6.09 Å². The normalized spacial score (nSPS) is 22.7. The van der Waals surface area contributed by atoms with Crippen LogP contribution in [0.3, 0.4) is 0 Å². The molecule has 0 radical (unpaired) electrons. The molecule has 1 N–H and O–H groups in total. The number of ketones is 1. The monoisotopic (exact) mass is 525 g/mol. The summed E-state index contributed by atoms with van der Waals surface area (Å²) in [5, 5.41) is 3.46. The Labute approximate surface area is 215 Å². The van der Waals surface area contributed by atoms with Gasteiger partial charge in [-0.2, -0.15) is 0 Å². The Morgan fingerprint density at radius 3 is 2.82 bits per heavy atom. The fourth-order valence-corrected chi connectivity index (χ4v) is 5.50. The van der Waals surface area contributed by atoms with Crippen LogP contribution < -0.4 is 20.5 Å². The number of Topliss-reactive ketones (excluding diaryl/α,β-unsaturated/α-hetero) is 1. The molecule has 0 unspecified atom stereocenters. The zero-order chi connectivity index (χ0) is 26.4. The number of anilines is 1. The number of ether oxygens (including phenoxy) is 2. The van der Waals surface area contributed by atoms with Gasteiger partial charge in [0.05, 0.1) is 35.4 Å². The predicted molar refractivity (Wildman–Crippen MR) is 131 cm³/mol. The molecule has 1 aliphatic carbocycles. The van der Waals surface area contributed by atoms with Gasteiger partial charge in [-0.3, -0.25) is 14.5 Å². The molecule has 4 heterocycles. The van der Waals surface area contributed by atoms with E-state index in [1.54, 1.807) is 17.0 Å². The molecule has 6 rings (SSSR count). The van der Waals surface area contributed by atoms with Gasteiger partial charge < -0.3 is 19.4 Å². The SMILES string of the molecule is O=C1COc2ccc(N3C(=O)O[C@@H]4C[C@H](NCCCn5c(=O)cnc6cc(F)c(F)cc65)CC[C@H]43)nc2C1. The topological polar surface area (TPSA) is 116 Å². The van der Waals surface area contributed by atoms with E-state index in [1.165, 1.54) is 4.57 Å². The number of halogens is 2. The molecular formula is C26H25F2N5O5. The van der Waals surface area contributed by atoms with E-state index in [0.717, 1.165) is 24.8 Å².